The van der Waals surface area contributed by atoms with Gasteiger partial charge in [0.25, 0.3) is 0 Å². The monoisotopic (exact) mass is 192 g/mol. The molecule has 1 aromatic carbocycles. The Labute approximate surface area is 82.6 Å². The van der Waals surface area contributed by atoms with Crippen LogP contribution >= 0.6 is 0 Å². The Morgan fingerprint density at radius 1 is 1.36 bits per heavy atom. The fourth-order valence-electron chi connectivity index (χ4n) is 0.978. The molecule has 0 fully saturated rings. The molecule has 0 atom stereocenters. The minimum Gasteiger partial charge on any atom is -0.507 e. The first-order valence-electron chi connectivity index (χ1n) is 4.19. The lowest BCUT2D eigenvalue weighted by molar-refractivity contribution is -0.134. The van der Waals surface area contributed by atoms with Crippen LogP contribution in [0.3, 0.4) is 0 Å². The van der Waals surface area contributed by atoms with E-state index >= 15 is 0 Å². The fraction of sp³-hybridized carbons (Fsp3) is 0.182. The van der Waals surface area contributed by atoms with E-state index in [-0.39, 0.29) is 5.76 Å². The predicted octanol–water partition coefficient (Wildman–Crippen LogP) is 2.07. The van der Waals surface area contributed by atoms with E-state index in [1.165, 1.54) is 7.11 Å². The van der Waals surface area contributed by atoms with E-state index in [1.54, 1.807) is 12.1 Å². The maximum atomic E-state index is 10.8. The standard InChI is InChI=1S/C11H12O3/c1-8-3-5-9(6-4-8)10(12)7-11(13)14-2/h3-7,12H,1-2H3. The average molecular weight is 192 g/mol. The summed E-state index contributed by atoms with van der Waals surface area (Å²) in [4.78, 5) is 10.8. The van der Waals surface area contributed by atoms with Crippen LogP contribution in [0.5, 0.6) is 0 Å². The van der Waals surface area contributed by atoms with Crippen molar-refractivity contribution in [2.45, 2.75) is 6.92 Å². The first-order chi connectivity index (χ1) is 6.63. The van der Waals surface area contributed by atoms with E-state index in [4.69, 9.17) is 0 Å². The van der Waals surface area contributed by atoms with Crippen LogP contribution in [-0.4, -0.2) is 18.2 Å². The largest absolute Gasteiger partial charge is 0.507 e. The van der Waals surface area contributed by atoms with Crippen LogP contribution in [0, 0.1) is 6.92 Å². The second-order valence-corrected chi connectivity index (χ2v) is 2.92. The van der Waals surface area contributed by atoms with Gasteiger partial charge in [-0.25, -0.2) is 4.79 Å². The van der Waals surface area contributed by atoms with Gasteiger partial charge in [-0.1, -0.05) is 29.8 Å². The van der Waals surface area contributed by atoms with Crippen molar-refractivity contribution in [3.05, 3.63) is 41.5 Å². The molecule has 3 nitrogen and oxygen atoms in total. The minimum absolute atomic E-state index is 0.0862. The van der Waals surface area contributed by atoms with Crippen LogP contribution in [0.2, 0.25) is 0 Å². The number of carbonyl (C=O) groups is 1. The number of ether oxygens (including phenoxy) is 1. The summed E-state index contributed by atoms with van der Waals surface area (Å²) in [7, 11) is 1.27. The molecule has 1 N–H and O–H groups in total. The number of esters is 1. The molecular formula is C11H12O3. The first-order valence-corrected chi connectivity index (χ1v) is 4.19. The normalized spacial score (nSPS) is 11.1. The minimum atomic E-state index is -0.567. The van der Waals surface area contributed by atoms with Gasteiger partial charge < -0.3 is 9.84 Å². The smallest absolute Gasteiger partial charge is 0.334 e. The third kappa shape index (κ3) is 2.62. The number of aryl methyl sites for hydroxylation is 1. The van der Waals surface area contributed by atoms with Gasteiger partial charge in [0.15, 0.2) is 0 Å². The molecule has 0 amide bonds. The van der Waals surface area contributed by atoms with Gasteiger partial charge in [0.05, 0.1) is 13.2 Å². The van der Waals surface area contributed by atoms with Gasteiger partial charge in [-0.15, -0.1) is 0 Å². The van der Waals surface area contributed by atoms with Crippen molar-refractivity contribution in [3.63, 3.8) is 0 Å². The van der Waals surface area contributed by atoms with E-state index in [0.29, 0.717) is 5.56 Å². The molecule has 0 unspecified atom stereocenters. The zero-order chi connectivity index (χ0) is 10.6. The molecule has 0 aliphatic carbocycles. The summed E-state index contributed by atoms with van der Waals surface area (Å²) in [5.74, 6) is -0.653. The number of carbonyl (C=O) groups excluding carboxylic acids is 1. The quantitative estimate of drug-likeness (QED) is 0.443. The zero-order valence-corrected chi connectivity index (χ0v) is 8.15. The number of aliphatic hydroxyl groups excluding tert-OH is 1. The molecule has 14 heavy (non-hydrogen) atoms. The molecule has 0 heterocycles. The van der Waals surface area contributed by atoms with Crippen molar-refractivity contribution in [3.8, 4) is 0 Å². The Hall–Kier alpha value is -1.77. The Bertz CT molecular complexity index is 349. The number of hydrogen-bond acceptors (Lipinski definition) is 3. The molecule has 0 aliphatic heterocycles. The lowest BCUT2D eigenvalue weighted by Crippen LogP contribution is -1.96. The molecular weight excluding hydrogens is 180 g/mol. The number of benzene rings is 1. The highest BCUT2D eigenvalue weighted by Gasteiger charge is 2.01. The summed E-state index contributed by atoms with van der Waals surface area (Å²) < 4.78 is 4.39. The Morgan fingerprint density at radius 2 is 1.93 bits per heavy atom. The molecule has 0 saturated heterocycles. The molecule has 0 bridgehead atoms. The lowest BCUT2D eigenvalue weighted by Gasteiger charge is -2.00. The number of aliphatic hydroxyl groups is 1. The molecule has 1 aromatic rings. The third-order valence-electron chi connectivity index (χ3n) is 1.80. The average Bonchev–Trinajstić information content (AvgIpc) is 2.18. The second-order valence-electron chi connectivity index (χ2n) is 2.92. The maximum absolute atomic E-state index is 10.8. The summed E-state index contributed by atoms with van der Waals surface area (Å²) in [5, 5.41) is 9.47. The van der Waals surface area contributed by atoms with Crippen LogP contribution in [0.15, 0.2) is 30.3 Å². The van der Waals surface area contributed by atoms with Gasteiger partial charge >= 0.3 is 5.97 Å². The summed E-state index contributed by atoms with van der Waals surface area (Å²) in [5.41, 5.74) is 1.70. The second kappa shape index (κ2) is 4.46. The molecule has 1 rings (SSSR count). The fourth-order valence-corrected chi connectivity index (χ4v) is 0.978. The topological polar surface area (TPSA) is 46.5 Å². The summed E-state index contributed by atoms with van der Waals surface area (Å²) >= 11 is 0. The van der Waals surface area contributed by atoms with E-state index in [9.17, 15) is 9.90 Å². The predicted molar refractivity (Wildman–Crippen MR) is 53.8 cm³/mol. The van der Waals surface area contributed by atoms with Gasteiger partial charge in [-0.05, 0) is 6.92 Å². The number of methoxy groups -OCH3 is 1. The Balaban J connectivity index is 2.89. The van der Waals surface area contributed by atoms with Crippen LogP contribution in [0.25, 0.3) is 5.76 Å². The van der Waals surface area contributed by atoms with E-state index in [1.807, 2.05) is 19.1 Å². The van der Waals surface area contributed by atoms with Crippen molar-refractivity contribution in [1.82, 2.24) is 0 Å². The number of hydrogen-bond donors (Lipinski definition) is 1. The molecule has 0 aliphatic rings. The molecule has 3 heteroatoms. The van der Waals surface area contributed by atoms with Crippen molar-refractivity contribution in [1.29, 1.82) is 0 Å². The number of rotatable bonds is 2. The Morgan fingerprint density at radius 3 is 2.43 bits per heavy atom. The van der Waals surface area contributed by atoms with Gasteiger partial charge in [0.2, 0.25) is 0 Å². The highest BCUT2D eigenvalue weighted by molar-refractivity contribution is 5.89. The van der Waals surface area contributed by atoms with Crippen LogP contribution in [0.4, 0.5) is 0 Å². The zero-order valence-electron chi connectivity index (χ0n) is 8.15. The first kappa shape index (κ1) is 10.3. The summed E-state index contributed by atoms with van der Waals surface area (Å²) in [6.07, 6.45) is 1.05. The molecule has 0 radical (unpaired) electrons. The molecule has 0 saturated carbocycles. The van der Waals surface area contributed by atoms with E-state index in [0.717, 1.165) is 11.6 Å². The highest BCUT2D eigenvalue weighted by atomic mass is 16.5. The van der Waals surface area contributed by atoms with Crippen molar-refractivity contribution < 1.29 is 14.6 Å². The van der Waals surface area contributed by atoms with Crippen LogP contribution in [-0.2, 0) is 9.53 Å². The van der Waals surface area contributed by atoms with E-state index in [2.05, 4.69) is 4.74 Å². The van der Waals surface area contributed by atoms with Crippen LogP contribution < -0.4 is 0 Å². The molecule has 0 aromatic heterocycles. The summed E-state index contributed by atoms with van der Waals surface area (Å²) in [6.45, 7) is 1.95. The van der Waals surface area contributed by atoms with Gasteiger partial charge in [0, 0.05) is 5.56 Å². The van der Waals surface area contributed by atoms with Crippen molar-refractivity contribution >= 4 is 11.7 Å². The SMILES string of the molecule is COC(=O)C=C(O)c1ccc(C)cc1. The third-order valence-corrected chi connectivity index (χ3v) is 1.80. The lowest BCUT2D eigenvalue weighted by atomic mass is 10.1. The van der Waals surface area contributed by atoms with Gasteiger partial charge in [-0.2, -0.15) is 0 Å². The summed E-state index contributed by atoms with van der Waals surface area (Å²) in [6, 6.07) is 7.20. The Kier molecular flexibility index (Phi) is 3.29. The maximum Gasteiger partial charge on any atom is 0.334 e. The highest BCUT2D eigenvalue weighted by Crippen LogP contribution is 2.11. The van der Waals surface area contributed by atoms with Crippen molar-refractivity contribution in [2.24, 2.45) is 0 Å². The molecule has 74 valence electrons. The van der Waals surface area contributed by atoms with E-state index < -0.39 is 5.97 Å². The van der Waals surface area contributed by atoms with Gasteiger partial charge in [0.1, 0.15) is 5.76 Å². The molecule has 0 spiro atoms. The van der Waals surface area contributed by atoms with Gasteiger partial charge in [-0.3, -0.25) is 0 Å². The van der Waals surface area contributed by atoms with Crippen molar-refractivity contribution in [2.75, 3.05) is 7.11 Å². The van der Waals surface area contributed by atoms with Crippen LogP contribution in [0.1, 0.15) is 11.1 Å².